The summed E-state index contributed by atoms with van der Waals surface area (Å²) < 4.78 is 25.7. The summed E-state index contributed by atoms with van der Waals surface area (Å²) in [5, 5.41) is 6.02. The second-order valence-corrected chi connectivity index (χ2v) is 7.06. The third-order valence-corrected chi connectivity index (χ3v) is 5.14. The van der Waals surface area contributed by atoms with Crippen molar-refractivity contribution >= 4 is 23.4 Å². The monoisotopic (exact) mass is 378 g/mol. The molecule has 146 valence electrons. The molecule has 0 aromatic heterocycles. The van der Waals surface area contributed by atoms with Crippen molar-refractivity contribution in [3.8, 4) is 0 Å². The number of morpholine rings is 1. The molecule has 3 aliphatic heterocycles. The number of benzene rings is 1. The molecule has 1 aromatic carbocycles. The van der Waals surface area contributed by atoms with Gasteiger partial charge in [0.25, 0.3) is 0 Å². The molecule has 0 spiro atoms. The molecule has 3 unspecified atom stereocenters. The van der Waals surface area contributed by atoms with E-state index in [1.54, 1.807) is 12.1 Å². The molecule has 9 heteroatoms. The van der Waals surface area contributed by atoms with Crippen LogP contribution in [0.25, 0.3) is 0 Å². The maximum atomic E-state index is 14.8. The molecule has 0 radical (unpaired) electrons. The number of anilines is 2. The van der Waals surface area contributed by atoms with Gasteiger partial charge in [0.05, 0.1) is 43.2 Å². The zero-order valence-corrected chi connectivity index (χ0v) is 15.1. The van der Waals surface area contributed by atoms with E-state index in [2.05, 4.69) is 10.6 Å². The van der Waals surface area contributed by atoms with E-state index in [1.807, 2.05) is 4.90 Å². The highest BCUT2D eigenvalue weighted by molar-refractivity contribution is 5.90. The lowest BCUT2D eigenvalue weighted by Gasteiger charge is -2.25. The first kappa shape index (κ1) is 18.0. The maximum absolute atomic E-state index is 14.8. The molecule has 3 atom stereocenters. The number of nitrogens with zero attached hydrogens (tertiary/aromatic N) is 2. The van der Waals surface area contributed by atoms with Crippen LogP contribution in [0, 0.1) is 5.82 Å². The molecule has 27 heavy (non-hydrogen) atoms. The Labute approximate surface area is 156 Å². The fraction of sp³-hybridized carbons (Fsp3) is 0.556. The topological polar surface area (TPSA) is 83.1 Å². The summed E-state index contributed by atoms with van der Waals surface area (Å²) in [6.45, 7) is 4.72. The van der Waals surface area contributed by atoms with Gasteiger partial charge in [-0.25, -0.2) is 9.18 Å². The summed E-state index contributed by atoms with van der Waals surface area (Å²) in [6.07, 6.45) is -0.919. The Morgan fingerprint density at radius 1 is 1.37 bits per heavy atom. The normalized spacial score (nSPS) is 27.5. The number of nitrogens with one attached hydrogen (secondary N) is 2. The molecule has 1 aromatic rings. The standard InChI is InChI=1S/C18H23FN4O4/c1-11(24)21-7-13-8-23(18(25)27-13)12-2-3-16(14(19)6-12)22-9-15-17(10-22)26-5-4-20-15/h2-3,6,13,15,17,20H,4-5,7-10H2,1H3,(H,21,24). The van der Waals surface area contributed by atoms with Crippen molar-refractivity contribution in [2.75, 3.05) is 49.1 Å². The van der Waals surface area contributed by atoms with Crippen molar-refractivity contribution < 1.29 is 23.5 Å². The van der Waals surface area contributed by atoms with Gasteiger partial charge in [-0.1, -0.05) is 0 Å². The van der Waals surface area contributed by atoms with Gasteiger partial charge in [0.15, 0.2) is 0 Å². The van der Waals surface area contributed by atoms with Crippen molar-refractivity contribution in [1.82, 2.24) is 10.6 Å². The summed E-state index contributed by atoms with van der Waals surface area (Å²) in [6, 6.07) is 4.97. The molecule has 0 aliphatic carbocycles. The number of hydrogen-bond acceptors (Lipinski definition) is 6. The van der Waals surface area contributed by atoms with Gasteiger partial charge in [-0.2, -0.15) is 0 Å². The quantitative estimate of drug-likeness (QED) is 0.792. The fourth-order valence-electron chi connectivity index (χ4n) is 3.81. The van der Waals surface area contributed by atoms with Crippen LogP contribution in [0.5, 0.6) is 0 Å². The maximum Gasteiger partial charge on any atom is 0.414 e. The molecule has 0 saturated carbocycles. The number of hydrogen-bond donors (Lipinski definition) is 2. The second kappa shape index (κ2) is 7.32. The fourth-order valence-corrected chi connectivity index (χ4v) is 3.81. The van der Waals surface area contributed by atoms with E-state index in [4.69, 9.17) is 9.47 Å². The number of carbonyl (C=O) groups is 2. The summed E-state index contributed by atoms with van der Waals surface area (Å²) in [5.74, 6) is -0.575. The van der Waals surface area contributed by atoms with Crippen molar-refractivity contribution in [1.29, 1.82) is 0 Å². The summed E-state index contributed by atoms with van der Waals surface area (Å²) in [4.78, 5) is 26.4. The lowest BCUT2D eigenvalue weighted by molar-refractivity contribution is -0.119. The van der Waals surface area contributed by atoms with E-state index >= 15 is 0 Å². The van der Waals surface area contributed by atoms with Crippen molar-refractivity contribution in [2.24, 2.45) is 0 Å². The lowest BCUT2D eigenvalue weighted by Crippen LogP contribution is -2.47. The molecule has 2 N–H and O–H groups in total. The molecular formula is C18H23FN4O4. The van der Waals surface area contributed by atoms with Gasteiger partial charge in [-0.15, -0.1) is 0 Å². The highest BCUT2D eigenvalue weighted by Gasteiger charge is 2.37. The Hall–Kier alpha value is -2.39. The number of halogens is 1. The number of rotatable bonds is 4. The minimum Gasteiger partial charge on any atom is -0.442 e. The number of amides is 2. The van der Waals surface area contributed by atoms with E-state index in [0.717, 1.165) is 6.54 Å². The van der Waals surface area contributed by atoms with Crippen LogP contribution in [0.2, 0.25) is 0 Å². The van der Waals surface area contributed by atoms with Gasteiger partial charge in [0.2, 0.25) is 5.91 Å². The van der Waals surface area contributed by atoms with Crippen molar-refractivity contribution in [3.63, 3.8) is 0 Å². The second-order valence-electron chi connectivity index (χ2n) is 7.06. The Balaban J connectivity index is 1.44. The highest BCUT2D eigenvalue weighted by atomic mass is 19.1. The van der Waals surface area contributed by atoms with Crippen LogP contribution in [0.3, 0.4) is 0 Å². The van der Waals surface area contributed by atoms with Crippen LogP contribution in [0.4, 0.5) is 20.6 Å². The largest absolute Gasteiger partial charge is 0.442 e. The first-order valence-corrected chi connectivity index (χ1v) is 9.13. The van der Waals surface area contributed by atoms with Crippen LogP contribution in [-0.4, -0.2) is 69.6 Å². The average Bonchev–Trinajstić information content (AvgIpc) is 3.23. The van der Waals surface area contributed by atoms with Crippen LogP contribution >= 0.6 is 0 Å². The first-order valence-electron chi connectivity index (χ1n) is 9.13. The third kappa shape index (κ3) is 3.70. The minimum absolute atomic E-state index is 0.0703. The van der Waals surface area contributed by atoms with Gasteiger partial charge in [0, 0.05) is 26.6 Å². The van der Waals surface area contributed by atoms with Gasteiger partial charge in [-0.05, 0) is 18.2 Å². The van der Waals surface area contributed by atoms with Crippen molar-refractivity contribution in [3.05, 3.63) is 24.0 Å². The average molecular weight is 378 g/mol. The predicted octanol–water partition coefficient (Wildman–Crippen LogP) is 0.464. The van der Waals surface area contributed by atoms with Gasteiger partial charge in [-0.3, -0.25) is 9.69 Å². The molecule has 2 amide bonds. The van der Waals surface area contributed by atoms with Crippen LogP contribution in [0.15, 0.2) is 18.2 Å². The Kier molecular flexibility index (Phi) is 4.88. The zero-order chi connectivity index (χ0) is 19.0. The number of cyclic esters (lactones) is 1. The van der Waals surface area contributed by atoms with E-state index in [1.165, 1.54) is 17.9 Å². The molecule has 3 aliphatic rings. The lowest BCUT2D eigenvalue weighted by atomic mass is 10.2. The zero-order valence-electron chi connectivity index (χ0n) is 15.1. The van der Waals surface area contributed by atoms with Crippen LogP contribution < -0.4 is 20.4 Å². The number of fused-ring (bicyclic) bond motifs is 1. The van der Waals surface area contributed by atoms with E-state index in [9.17, 15) is 14.0 Å². The molecule has 3 fully saturated rings. The third-order valence-electron chi connectivity index (χ3n) is 5.14. The Bertz CT molecular complexity index is 732. The molecule has 4 rings (SSSR count). The SMILES string of the molecule is CC(=O)NCC1CN(c2ccc(N3CC4NCCOC4C3)c(F)c2)C(=O)O1. The number of ether oxygens (including phenoxy) is 2. The van der Waals surface area contributed by atoms with E-state index in [-0.39, 0.29) is 37.0 Å². The number of carbonyl (C=O) groups excluding carboxylic acids is 2. The summed E-state index contributed by atoms with van der Waals surface area (Å²) in [5.41, 5.74) is 0.943. The van der Waals surface area contributed by atoms with E-state index < -0.39 is 12.2 Å². The van der Waals surface area contributed by atoms with Gasteiger partial charge < -0.3 is 25.0 Å². The first-order chi connectivity index (χ1) is 13.0. The molecule has 8 nitrogen and oxygen atoms in total. The Morgan fingerprint density at radius 2 is 2.22 bits per heavy atom. The summed E-state index contributed by atoms with van der Waals surface area (Å²) in [7, 11) is 0. The molecule has 3 saturated heterocycles. The molecular weight excluding hydrogens is 355 g/mol. The van der Waals surface area contributed by atoms with Crippen LogP contribution in [0.1, 0.15) is 6.92 Å². The highest BCUT2D eigenvalue weighted by Crippen LogP contribution is 2.30. The Morgan fingerprint density at radius 3 is 2.96 bits per heavy atom. The van der Waals surface area contributed by atoms with E-state index in [0.29, 0.717) is 31.1 Å². The molecule has 0 bridgehead atoms. The summed E-state index contributed by atoms with van der Waals surface area (Å²) >= 11 is 0. The van der Waals surface area contributed by atoms with Gasteiger partial charge in [0.1, 0.15) is 11.9 Å². The minimum atomic E-state index is -0.540. The van der Waals surface area contributed by atoms with Crippen LogP contribution in [-0.2, 0) is 14.3 Å². The van der Waals surface area contributed by atoms with Crippen molar-refractivity contribution in [2.45, 2.75) is 25.2 Å². The smallest absolute Gasteiger partial charge is 0.414 e. The molecule has 3 heterocycles. The van der Waals surface area contributed by atoms with Gasteiger partial charge >= 0.3 is 6.09 Å². The predicted molar refractivity (Wildman–Crippen MR) is 96.4 cm³/mol.